The van der Waals surface area contributed by atoms with Crippen LogP contribution in [0.5, 0.6) is 0 Å². The van der Waals surface area contributed by atoms with Gasteiger partial charge in [-0.3, -0.25) is 5.10 Å². The highest BCUT2D eigenvalue weighted by Crippen LogP contribution is 2.30. The summed E-state index contributed by atoms with van der Waals surface area (Å²) in [5.41, 5.74) is 11.1. The monoisotopic (exact) mass is 460 g/mol. The Morgan fingerprint density at radius 2 is 2.12 bits per heavy atom. The van der Waals surface area contributed by atoms with Crippen LogP contribution in [-0.4, -0.2) is 54.8 Å². The van der Waals surface area contributed by atoms with Crippen LogP contribution in [0.15, 0.2) is 36.8 Å². The normalized spacial score (nSPS) is 14.5. The van der Waals surface area contributed by atoms with Gasteiger partial charge in [-0.05, 0) is 56.5 Å². The van der Waals surface area contributed by atoms with Crippen LogP contribution in [0.25, 0.3) is 27.5 Å². The van der Waals surface area contributed by atoms with E-state index in [4.69, 9.17) is 10.5 Å². The van der Waals surface area contributed by atoms with Crippen LogP contribution >= 0.6 is 0 Å². The van der Waals surface area contributed by atoms with E-state index in [0.29, 0.717) is 25.5 Å². The lowest BCUT2D eigenvalue weighted by Gasteiger charge is -2.29. The molecule has 4 aromatic rings. The number of hydrogen-bond donors (Lipinski definition) is 4. The van der Waals surface area contributed by atoms with E-state index in [9.17, 15) is 4.79 Å². The van der Waals surface area contributed by atoms with Gasteiger partial charge in [0.25, 0.3) is 0 Å². The summed E-state index contributed by atoms with van der Waals surface area (Å²) >= 11 is 0. The first-order chi connectivity index (χ1) is 16.3. The first-order valence-electron chi connectivity index (χ1n) is 11.2. The summed E-state index contributed by atoms with van der Waals surface area (Å²) in [6.45, 7) is 7.12. The number of H-pyrrole nitrogens is 2. The van der Waals surface area contributed by atoms with E-state index in [0.717, 1.165) is 50.9 Å². The number of nitrogens with two attached hydrogens (primary N) is 1. The minimum Gasteiger partial charge on any atom is -0.444 e. The Balaban J connectivity index is 1.39. The zero-order valence-electron chi connectivity index (χ0n) is 19.5. The average molecular weight is 461 g/mol. The molecule has 10 heteroatoms. The lowest BCUT2D eigenvalue weighted by molar-refractivity contribution is 0.0270. The Hall–Kier alpha value is -3.92. The minimum absolute atomic E-state index is 0.289. The second-order valence-electron chi connectivity index (χ2n) is 9.37. The number of benzene rings is 1. The van der Waals surface area contributed by atoms with Crippen LogP contribution < -0.4 is 11.1 Å². The van der Waals surface area contributed by atoms with Gasteiger partial charge in [-0.1, -0.05) is 6.08 Å². The molecule has 1 aliphatic rings. The van der Waals surface area contributed by atoms with Gasteiger partial charge in [-0.2, -0.15) is 5.10 Å². The van der Waals surface area contributed by atoms with Crippen LogP contribution in [0.4, 0.5) is 16.3 Å². The maximum absolute atomic E-state index is 12.4. The molecule has 0 saturated carbocycles. The maximum atomic E-state index is 12.4. The molecule has 5 N–H and O–H groups in total. The Bertz CT molecular complexity index is 1400. The number of nitrogens with zero attached hydrogens (tertiary/aromatic N) is 4. The number of amides is 1. The van der Waals surface area contributed by atoms with E-state index in [-0.39, 0.29) is 6.09 Å². The molecule has 0 radical (unpaired) electrons. The van der Waals surface area contributed by atoms with Crippen LogP contribution in [0.2, 0.25) is 0 Å². The van der Waals surface area contributed by atoms with E-state index in [1.54, 1.807) is 11.1 Å². The topological polar surface area (TPSA) is 138 Å². The van der Waals surface area contributed by atoms with Gasteiger partial charge in [0.15, 0.2) is 0 Å². The van der Waals surface area contributed by atoms with E-state index < -0.39 is 5.60 Å². The van der Waals surface area contributed by atoms with Crippen molar-refractivity contribution in [2.75, 3.05) is 18.4 Å². The van der Waals surface area contributed by atoms with Gasteiger partial charge in [0, 0.05) is 36.4 Å². The second-order valence-corrected chi connectivity index (χ2v) is 9.37. The standard InChI is InChI=1S/C24H28N8O2/c1-24(2,3)34-23(33)32-6-4-14(5-7-32)19-10-18-21(26-13-27-22(18)30-19)29-17-8-15(11-25)20-16(9-17)12-28-31-20/h4,8-10,12-13H,5-7,11,25H2,1-3H3,(H,28,31)(H2,26,27,29,30). The van der Waals surface area contributed by atoms with E-state index in [2.05, 4.69) is 36.5 Å². The van der Waals surface area contributed by atoms with Gasteiger partial charge in [-0.25, -0.2) is 14.8 Å². The second kappa shape index (κ2) is 8.45. The van der Waals surface area contributed by atoms with E-state index in [1.165, 1.54) is 6.33 Å². The van der Waals surface area contributed by atoms with Crippen molar-refractivity contribution < 1.29 is 9.53 Å². The quantitative estimate of drug-likeness (QED) is 0.360. The number of hydrogen-bond acceptors (Lipinski definition) is 7. The van der Waals surface area contributed by atoms with Gasteiger partial charge in [-0.15, -0.1) is 0 Å². The predicted octanol–water partition coefficient (Wildman–Crippen LogP) is 4.06. The van der Waals surface area contributed by atoms with Crippen molar-refractivity contribution in [1.82, 2.24) is 30.0 Å². The summed E-state index contributed by atoms with van der Waals surface area (Å²) in [4.78, 5) is 26.3. The summed E-state index contributed by atoms with van der Waals surface area (Å²) < 4.78 is 5.49. The summed E-state index contributed by atoms with van der Waals surface area (Å²) in [6.07, 6.45) is 5.80. The number of carbonyl (C=O) groups is 1. The van der Waals surface area contributed by atoms with Gasteiger partial charge in [0.2, 0.25) is 0 Å². The summed E-state index contributed by atoms with van der Waals surface area (Å²) in [6, 6.07) is 6.05. The maximum Gasteiger partial charge on any atom is 0.410 e. The molecule has 0 saturated heterocycles. The first-order valence-corrected chi connectivity index (χ1v) is 11.2. The molecule has 0 unspecified atom stereocenters. The summed E-state index contributed by atoms with van der Waals surface area (Å²) in [7, 11) is 0. The van der Waals surface area contributed by atoms with Crippen molar-refractivity contribution >= 4 is 45.1 Å². The Morgan fingerprint density at radius 1 is 1.26 bits per heavy atom. The molecule has 176 valence electrons. The number of carbonyl (C=O) groups excluding carboxylic acids is 1. The Labute approximate surface area is 196 Å². The van der Waals surface area contributed by atoms with Crippen molar-refractivity contribution in [2.24, 2.45) is 5.73 Å². The molecule has 0 aliphatic carbocycles. The molecule has 3 aromatic heterocycles. The van der Waals surface area contributed by atoms with Gasteiger partial charge in [0.05, 0.1) is 17.1 Å². The fraction of sp³-hybridized carbons (Fsp3) is 0.333. The van der Waals surface area contributed by atoms with Crippen molar-refractivity contribution in [3.8, 4) is 0 Å². The van der Waals surface area contributed by atoms with Crippen molar-refractivity contribution in [3.05, 3.63) is 48.1 Å². The fourth-order valence-corrected chi connectivity index (χ4v) is 4.12. The molecular weight excluding hydrogens is 432 g/mol. The SMILES string of the molecule is CC(C)(C)OC(=O)N1CC=C(c2cc3c(Nc4cc(CN)c5[nH]ncc5c4)ncnc3[nH]2)CC1. The third kappa shape index (κ3) is 4.32. The van der Waals surface area contributed by atoms with Crippen molar-refractivity contribution in [2.45, 2.75) is 39.3 Å². The molecule has 1 aromatic carbocycles. The highest BCUT2D eigenvalue weighted by Gasteiger charge is 2.24. The predicted molar refractivity (Wildman–Crippen MR) is 132 cm³/mol. The number of ether oxygens (including phenoxy) is 1. The molecule has 5 rings (SSSR count). The fourth-order valence-electron chi connectivity index (χ4n) is 4.12. The molecular formula is C24H28N8O2. The van der Waals surface area contributed by atoms with Crippen LogP contribution in [0.3, 0.4) is 0 Å². The van der Waals surface area contributed by atoms with E-state index >= 15 is 0 Å². The van der Waals surface area contributed by atoms with Gasteiger partial charge >= 0.3 is 6.09 Å². The number of rotatable bonds is 4. The zero-order chi connectivity index (χ0) is 23.9. The van der Waals surface area contributed by atoms with Crippen LogP contribution in [-0.2, 0) is 11.3 Å². The highest BCUT2D eigenvalue weighted by molar-refractivity contribution is 5.93. The lowest BCUT2D eigenvalue weighted by atomic mass is 10.1. The molecule has 1 amide bonds. The largest absolute Gasteiger partial charge is 0.444 e. The number of aromatic amines is 2. The summed E-state index contributed by atoms with van der Waals surface area (Å²) in [5.74, 6) is 0.699. The van der Waals surface area contributed by atoms with Gasteiger partial charge < -0.3 is 25.7 Å². The van der Waals surface area contributed by atoms with Crippen molar-refractivity contribution in [3.63, 3.8) is 0 Å². The smallest absolute Gasteiger partial charge is 0.410 e. The third-order valence-corrected chi connectivity index (χ3v) is 5.75. The zero-order valence-corrected chi connectivity index (χ0v) is 19.5. The van der Waals surface area contributed by atoms with Crippen LogP contribution in [0, 0.1) is 0 Å². The first kappa shape index (κ1) is 21.9. The number of fused-ring (bicyclic) bond motifs is 2. The number of anilines is 2. The molecule has 0 atom stereocenters. The van der Waals surface area contributed by atoms with Gasteiger partial charge in [0.1, 0.15) is 23.4 Å². The molecule has 0 fully saturated rings. The molecule has 0 bridgehead atoms. The molecule has 1 aliphatic heterocycles. The third-order valence-electron chi connectivity index (χ3n) is 5.75. The minimum atomic E-state index is -0.507. The Morgan fingerprint density at radius 3 is 2.85 bits per heavy atom. The molecule has 0 spiro atoms. The van der Waals surface area contributed by atoms with Crippen molar-refractivity contribution in [1.29, 1.82) is 0 Å². The molecule has 10 nitrogen and oxygen atoms in total. The summed E-state index contributed by atoms with van der Waals surface area (Å²) in [5, 5.41) is 12.4. The number of aromatic nitrogens is 5. The number of nitrogens with one attached hydrogen (secondary N) is 3. The Kier molecular flexibility index (Phi) is 5.45. The molecule has 4 heterocycles. The average Bonchev–Trinajstić information content (AvgIpc) is 3.45. The lowest BCUT2D eigenvalue weighted by Crippen LogP contribution is -2.39. The van der Waals surface area contributed by atoms with E-state index in [1.807, 2.05) is 39.0 Å². The van der Waals surface area contributed by atoms with Crippen LogP contribution in [0.1, 0.15) is 38.4 Å². The highest BCUT2D eigenvalue weighted by atomic mass is 16.6. The molecule has 34 heavy (non-hydrogen) atoms.